The maximum atomic E-state index is 11.7. The second-order valence-electron chi connectivity index (χ2n) is 6.67. The molecular weight excluding hydrogens is 330 g/mol. The van der Waals surface area contributed by atoms with Gasteiger partial charge < -0.3 is 5.32 Å². The lowest BCUT2D eigenvalue weighted by atomic mass is 10.1. The highest BCUT2D eigenvalue weighted by molar-refractivity contribution is 6.35. The first-order chi connectivity index (χ1) is 12.4. The molecule has 0 radical (unpaired) electrons. The first kappa shape index (κ1) is 17.8. The van der Waals surface area contributed by atoms with Crippen molar-refractivity contribution in [2.24, 2.45) is 5.10 Å². The molecule has 7 nitrogen and oxygen atoms in total. The number of nitrogens with one attached hydrogen (secondary N) is 2. The molecule has 3 rings (SSSR count). The van der Waals surface area contributed by atoms with Crippen LogP contribution in [-0.4, -0.2) is 33.9 Å². The van der Waals surface area contributed by atoms with Gasteiger partial charge in [-0.25, -0.2) is 5.43 Å². The number of carbonyl (C=O) groups excluding carboxylic acids is 2. The van der Waals surface area contributed by atoms with Crippen LogP contribution < -0.4 is 10.7 Å². The maximum absolute atomic E-state index is 11.7. The molecule has 0 aliphatic heterocycles. The molecule has 0 spiro atoms. The summed E-state index contributed by atoms with van der Waals surface area (Å²) >= 11 is 0. The Bertz CT molecular complexity index is 848. The molecule has 1 aliphatic carbocycles. The number of benzene rings is 1. The summed E-state index contributed by atoms with van der Waals surface area (Å²) < 4.78 is 1.91. The smallest absolute Gasteiger partial charge is 0.329 e. The van der Waals surface area contributed by atoms with Crippen LogP contribution in [0.1, 0.15) is 40.9 Å². The Morgan fingerprint density at radius 2 is 1.88 bits per heavy atom. The zero-order valence-electron chi connectivity index (χ0n) is 15.2. The topological polar surface area (TPSA) is 88.4 Å². The highest BCUT2D eigenvalue weighted by atomic mass is 16.2. The molecule has 2 N–H and O–H groups in total. The fraction of sp³-hybridized carbons (Fsp3) is 0.368. The summed E-state index contributed by atoms with van der Waals surface area (Å²) in [5, 5.41) is 11.1. The van der Waals surface area contributed by atoms with Gasteiger partial charge in [0.2, 0.25) is 0 Å². The van der Waals surface area contributed by atoms with Crippen LogP contribution in [0.25, 0.3) is 0 Å². The van der Waals surface area contributed by atoms with Gasteiger partial charge in [-0.3, -0.25) is 14.3 Å². The molecule has 2 amide bonds. The van der Waals surface area contributed by atoms with E-state index in [0.29, 0.717) is 6.54 Å². The molecule has 0 atom stereocenters. The molecule has 0 unspecified atom stereocenters. The third-order valence-electron chi connectivity index (χ3n) is 4.37. The van der Waals surface area contributed by atoms with E-state index >= 15 is 0 Å². The standard InChI is InChI=1S/C19H23N5O2/c1-12-4-6-15(7-5-12)11-24-14(3)17(13(2)23-24)10-20-22-19(26)18(25)21-16-8-9-16/h4-7,10,16H,8-9,11H2,1-3H3,(H,21,25)(H,22,26)/b20-10-. The Morgan fingerprint density at radius 3 is 2.54 bits per heavy atom. The number of hydrazone groups is 1. The van der Waals surface area contributed by atoms with Gasteiger partial charge in [-0.1, -0.05) is 29.8 Å². The van der Waals surface area contributed by atoms with Crippen molar-refractivity contribution in [3.63, 3.8) is 0 Å². The van der Waals surface area contributed by atoms with E-state index in [-0.39, 0.29) is 6.04 Å². The van der Waals surface area contributed by atoms with Crippen LogP contribution in [0, 0.1) is 20.8 Å². The molecule has 1 fully saturated rings. The molecule has 7 heteroatoms. The van der Waals surface area contributed by atoms with Crippen molar-refractivity contribution in [3.8, 4) is 0 Å². The third kappa shape index (κ3) is 4.36. The minimum Gasteiger partial charge on any atom is -0.345 e. The third-order valence-corrected chi connectivity index (χ3v) is 4.37. The van der Waals surface area contributed by atoms with Crippen LogP contribution in [0.3, 0.4) is 0 Å². The lowest BCUT2D eigenvalue weighted by molar-refractivity contribution is -0.139. The van der Waals surface area contributed by atoms with Gasteiger partial charge >= 0.3 is 11.8 Å². The molecule has 0 saturated heterocycles. The molecule has 136 valence electrons. The van der Waals surface area contributed by atoms with E-state index in [1.165, 1.54) is 11.8 Å². The summed E-state index contributed by atoms with van der Waals surface area (Å²) in [5.41, 5.74) is 7.24. The van der Waals surface area contributed by atoms with Crippen molar-refractivity contribution in [3.05, 3.63) is 52.3 Å². The number of rotatable bonds is 5. The van der Waals surface area contributed by atoms with Crippen molar-refractivity contribution in [2.45, 2.75) is 46.2 Å². The quantitative estimate of drug-likeness (QED) is 0.486. The van der Waals surface area contributed by atoms with E-state index in [0.717, 1.165) is 35.4 Å². The number of aryl methyl sites for hydroxylation is 2. The van der Waals surface area contributed by atoms with Gasteiger partial charge in [0, 0.05) is 17.3 Å². The van der Waals surface area contributed by atoms with E-state index in [9.17, 15) is 9.59 Å². The van der Waals surface area contributed by atoms with Gasteiger partial charge in [-0.05, 0) is 39.2 Å². The van der Waals surface area contributed by atoms with Gasteiger partial charge in [0.1, 0.15) is 0 Å². The van der Waals surface area contributed by atoms with Crippen LogP contribution >= 0.6 is 0 Å². The Kier molecular flexibility index (Phi) is 5.16. The summed E-state index contributed by atoms with van der Waals surface area (Å²) in [6.07, 6.45) is 3.40. The number of hydrogen-bond acceptors (Lipinski definition) is 4. The predicted molar refractivity (Wildman–Crippen MR) is 98.9 cm³/mol. The van der Waals surface area contributed by atoms with Crippen LogP contribution in [0.4, 0.5) is 0 Å². The van der Waals surface area contributed by atoms with Gasteiger partial charge in [0.15, 0.2) is 0 Å². The minimum absolute atomic E-state index is 0.140. The average Bonchev–Trinajstić information content (AvgIpc) is 3.38. The van der Waals surface area contributed by atoms with E-state index in [4.69, 9.17) is 0 Å². The number of hydrogen-bond donors (Lipinski definition) is 2. The number of aromatic nitrogens is 2. The van der Waals surface area contributed by atoms with E-state index in [1.807, 2.05) is 18.5 Å². The van der Waals surface area contributed by atoms with Gasteiger partial charge in [0.25, 0.3) is 0 Å². The minimum atomic E-state index is -0.754. The van der Waals surface area contributed by atoms with Crippen molar-refractivity contribution in [1.82, 2.24) is 20.5 Å². The zero-order valence-corrected chi connectivity index (χ0v) is 15.2. The molecule has 1 aromatic heterocycles. The molecular formula is C19H23N5O2. The lowest BCUT2D eigenvalue weighted by Gasteiger charge is -2.05. The number of amides is 2. The normalized spacial score (nSPS) is 13.8. The summed E-state index contributed by atoms with van der Waals surface area (Å²) in [7, 11) is 0. The predicted octanol–water partition coefficient (Wildman–Crippen LogP) is 1.59. The Hall–Kier alpha value is -2.96. The highest BCUT2D eigenvalue weighted by Crippen LogP contribution is 2.18. The molecule has 1 heterocycles. The lowest BCUT2D eigenvalue weighted by Crippen LogP contribution is -2.38. The molecule has 1 aliphatic rings. The van der Waals surface area contributed by atoms with E-state index in [1.54, 1.807) is 0 Å². The monoisotopic (exact) mass is 353 g/mol. The van der Waals surface area contributed by atoms with Gasteiger partial charge in [0.05, 0.1) is 18.5 Å². The zero-order chi connectivity index (χ0) is 18.7. The summed E-state index contributed by atoms with van der Waals surface area (Å²) in [6.45, 7) is 6.57. The number of nitrogens with zero attached hydrogens (tertiary/aromatic N) is 3. The Labute approximate surface area is 152 Å². The van der Waals surface area contributed by atoms with E-state index < -0.39 is 11.8 Å². The van der Waals surface area contributed by atoms with Gasteiger partial charge in [-0.15, -0.1) is 0 Å². The van der Waals surface area contributed by atoms with Crippen LogP contribution in [0.15, 0.2) is 29.4 Å². The molecule has 2 aromatic rings. The second kappa shape index (κ2) is 7.51. The second-order valence-corrected chi connectivity index (χ2v) is 6.67. The molecule has 0 bridgehead atoms. The SMILES string of the molecule is Cc1ccc(Cn2nc(C)c(/C=N\NC(=O)C(=O)NC3CC3)c2C)cc1. The summed E-state index contributed by atoms with van der Waals surface area (Å²) in [4.78, 5) is 23.3. The van der Waals surface area contributed by atoms with Crippen molar-refractivity contribution < 1.29 is 9.59 Å². The number of carbonyl (C=O) groups is 2. The Balaban J connectivity index is 1.64. The van der Waals surface area contributed by atoms with Crippen LogP contribution in [0.2, 0.25) is 0 Å². The summed E-state index contributed by atoms with van der Waals surface area (Å²) in [5.74, 6) is -1.40. The van der Waals surface area contributed by atoms with Gasteiger partial charge in [-0.2, -0.15) is 10.2 Å². The first-order valence-electron chi connectivity index (χ1n) is 8.67. The molecule has 1 saturated carbocycles. The maximum Gasteiger partial charge on any atom is 0.329 e. The average molecular weight is 353 g/mol. The largest absolute Gasteiger partial charge is 0.345 e. The first-order valence-corrected chi connectivity index (χ1v) is 8.67. The summed E-state index contributed by atoms with van der Waals surface area (Å²) in [6, 6.07) is 8.45. The van der Waals surface area contributed by atoms with Crippen LogP contribution in [0.5, 0.6) is 0 Å². The van der Waals surface area contributed by atoms with Crippen molar-refractivity contribution >= 4 is 18.0 Å². The fourth-order valence-electron chi connectivity index (χ4n) is 2.60. The van der Waals surface area contributed by atoms with Crippen molar-refractivity contribution in [2.75, 3.05) is 0 Å². The van der Waals surface area contributed by atoms with Crippen molar-refractivity contribution in [1.29, 1.82) is 0 Å². The highest BCUT2D eigenvalue weighted by Gasteiger charge is 2.26. The fourth-order valence-corrected chi connectivity index (χ4v) is 2.60. The Morgan fingerprint density at radius 1 is 1.19 bits per heavy atom. The van der Waals surface area contributed by atoms with Crippen LogP contribution in [-0.2, 0) is 16.1 Å². The molecule has 1 aromatic carbocycles. The molecule has 26 heavy (non-hydrogen) atoms. The van der Waals surface area contributed by atoms with E-state index in [2.05, 4.69) is 52.1 Å².